The molecule has 2 aromatic rings. The summed E-state index contributed by atoms with van der Waals surface area (Å²) in [7, 11) is 1.95. The zero-order chi connectivity index (χ0) is 21.3. The van der Waals surface area contributed by atoms with Crippen molar-refractivity contribution in [2.24, 2.45) is 0 Å². The number of rotatable bonds is 2. The van der Waals surface area contributed by atoms with Gasteiger partial charge in [-0.25, -0.2) is 4.79 Å². The molecule has 0 aliphatic carbocycles. The fourth-order valence-electron chi connectivity index (χ4n) is 5.69. The van der Waals surface area contributed by atoms with Crippen LogP contribution in [0, 0.1) is 0 Å². The number of ketones is 1. The lowest BCUT2D eigenvalue weighted by Crippen LogP contribution is -2.62. The van der Waals surface area contributed by atoms with Crippen molar-refractivity contribution in [2.45, 2.75) is 62.4 Å². The van der Waals surface area contributed by atoms with Crippen LogP contribution in [-0.2, 0) is 24.7 Å². The number of benzene rings is 2. The number of fused-ring (bicyclic) bond motifs is 7. The van der Waals surface area contributed by atoms with Crippen LogP contribution in [0.25, 0.3) is 0 Å². The van der Waals surface area contributed by atoms with Crippen molar-refractivity contribution < 1.29 is 19.1 Å². The first-order chi connectivity index (χ1) is 14.2. The lowest BCUT2D eigenvalue weighted by Gasteiger charge is -2.42. The van der Waals surface area contributed by atoms with Crippen molar-refractivity contribution in [3.05, 3.63) is 65.7 Å². The van der Waals surface area contributed by atoms with Gasteiger partial charge in [0, 0.05) is 25.1 Å². The van der Waals surface area contributed by atoms with Gasteiger partial charge in [-0.05, 0) is 44.4 Å². The second-order valence-electron chi connectivity index (χ2n) is 9.61. The summed E-state index contributed by atoms with van der Waals surface area (Å²) in [6.45, 7) is 5.45. The van der Waals surface area contributed by atoms with Gasteiger partial charge in [-0.15, -0.1) is 0 Å². The molecule has 2 aromatic carbocycles. The van der Waals surface area contributed by atoms with Crippen molar-refractivity contribution in [3.63, 3.8) is 0 Å². The van der Waals surface area contributed by atoms with Gasteiger partial charge in [0.15, 0.2) is 5.78 Å². The van der Waals surface area contributed by atoms with Gasteiger partial charge >= 0.3 is 5.97 Å². The highest BCUT2D eigenvalue weighted by molar-refractivity contribution is 6.11. The Hall–Kier alpha value is -2.66. The number of carbonyl (C=O) groups excluding carboxylic acids is 2. The average molecular weight is 405 g/mol. The molecule has 0 saturated carbocycles. The average Bonchev–Trinajstić information content (AvgIpc) is 3.16. The molecule has 30 heavy (non-hydrogen) atoms. The molecule has 0 spiro atoms. The van der Waals surface area contributed by atoms with Crippen LogP contribution < -0.4 is 4.90 Å². The van der Waals surface area contributed by atoms with Crippen molar-refractivity contribution in [1.29, 1.82) is 0 Å². The van der Waals surface area contributed by atoms with Crippen LogP contribution in [0.1, 0.15) is 50.7 Å². The summed E-state index contributed by atoms with van der Waals surface area (Å²) < 4.78 is 12.5. The van der Waals surface area contributed by atoms with Crippen LogP contribution in [0.4, 0.5) is 5.69 Å². The number of anilines is 1. The molecule has 2 saturated heterocycles. The molecule has 3 aliphatic heterocycles. The summed E-state index contributed by atoms with van der Waals surface area (Å²) in [5, 5.41) is 0. The fourth-order valence-corrected chi connectivity index (χ4v) is 5.69. The van der Waals surface area contributed by atoms with E-state index in [1.165, 1.54) is 0 Å². The van der Waals surface area contributed by atoms with E-state index in [1.807, 2.05) is 70.3 Å². The minimum absolute atomic E-state index is 0.139. The highest BCUT2D eigenvalue weighted by atomic mass is 16.6. The number of para-hydroxylation sites is 1. The van der Waals surface area contributed by atoms with Gasteiger partial charge in [-0.1, -0.05) is 48.5 Å². The lowest BCUT2D eigenvalue weighted by molar-refractivity contribution is -0.203. The molecule has 0 aromatic heterocycles. The van der Waals surface area contributed by atoms with Crippen LogP contribution in [0.15, 0.2) is 54.6 Å². The van der Waals surface area contributed by atoms with Gasteiger partial charge in [-0.2, -0.15) is 0 Å². The van der Waals surface area contributed by atoms with E-state index < -0.39 is 28.8 Å². The Morgan fingerprint density at radius 2 is 1.77 bits per heavy atom. The predicted octanol–water partition coefficient (Wildman–Crippen LogP) is 3.96. The highest BCUT2D eigenvalue weighted by Gasteiger charge is 2.76. The highest BCUT2D eigenvalue weighted by Crippen LogP contribution is 2.65. The largest absolute Gasteiger partial charge is 0.457 e. The fraction of sp³-hybridized carbons (Fsp3) is 0.440. The van der Waals surface area contributed by atoms with Gasteiger partial charge in [-0.3, -0.25) is 4.79 Å². The Morgan fingerprint density at radius 1 is 1.10 bits per heavy atom. The second kappa shape index (κ2) is 6.17. The Kier molecular flexibility index (Phi) is 3.97. The zero-order valence-electron chi connectivity index (χ0n) is 17.8. The molecule has 4 atom stereocenters. The van der Waals surface area contributed by atoms with E-state index in [0.29, 0.717) is 6.42 Å². The number of nitrogens with zero attached hydrogens (tertiary/aromatic N) is 1. The summed E-state index contributed by atoms with van der Waals surface area (Å²) in [5.74, 6) is -0.900. The molecule has 0 radical (unpaired) electrons. The normalized spacial score (nSPS) is 32.0. The number of ether oxygens (including phenoxy) is 2. The minimum atomic E-state index is -1.64. The zero-order valence-corrected chi connectivity index (χ0v) is 17.8. The topological polar surface area (TPSA) is 55.8 Å². The Balaban J connectivity index is 1.76. The lowest BCUT2D eigenvalue weighted by atomic mass is 9.75. The Labute approximate surface area is 177 Å². The summed E-state index contributed by atoms with van der Waals surface area (Å²) in [6.07, 6.45) is 0.834. The molecule has 5 nitrogen and oxygen atoms in total. The molecule has 5 heteroatoms. The molecule has 156 valence electrons. The van der Waals surface area contributed by atoms with Gasteiger partial charge in [0.2, 0.25) is 5.60 Å². The van der Waals surface area contributed by atoms with E-state index in [0.717, 1.165) is 16.8 Å². The summed E-state index contributed by atoms with van der Waals surface area (Å²) in [6, 6.07) is 17.7. The predicted molar refractivity (Wildman–Crippen MR) is 113 cm³/mol. The smallest absolute Gasteiger partial charge is 0.349 e. The second-order valence-corrected chi connectivity index (χ2v) is 9.61. The Morgan fingerprint density at radius 3 is 2.47 bits per heavy atom. The molecule has 5 rings (SSSR count). The summed E-state index contributed by atoms with van der Waals surface area (Å²) in [5.41, 5.74) is 0.0535. The third-order valence-electron chi connectivity index (χ3n) is 6.75. The maximum absolute atomic E-state index is 13.6. The first kappa shape index (κ1) is 19.3. The van der Waals surface area contributed by atoms with Gasteiger partial charge in [0.1, 0.15) is 11.2 Å². The van der Waals surface area contributed by atoms with Crippen LogP contribution in [0.2, 0.25) is 0 Å². The molecule has 3 heterocycles. The van der Waals surface area contributed by atoms with E-state index >= 15 is 0 Å². The molecular weight excluding hydrogens is 378 g/mol. The van der Waals surface area contributed by atoms with E-state index in [-0.39, 0.29) is 18.1 Å². The van der Waals surface area contributed by atoms with Crippen LogP contribution >= 0.6 is 0 Å². The minimum Gasteiger partial charge on any atom is -0.457 e. The van der Waals surface area contributed by atoms with Crippen LogP contribution in [0.5, 0.6) is 0 Å². The summed E-state index contributed by atoms with van der Waals surface area (Å²) >= 11 is 0. The van der Waals surface area contributed by atoms with Crippen molar-refractivity contribution >= 4 is 17.4 Å². The molecule has 0 amide bonds. The van der Waals surface area contributed by atoms with E-state index in [1.54, 1.807) is 0 Å². The number of likely N-dealkylation sites (N-methyl/N-ethyl adjacent to an activating group) is 1. The van der Waals surface area contributed by atoms with Gasteiger partial charge < -0.3 is 14.4 Å². The molecule has 0 N–H and O–H groups in total. The van der Waals surface area contributed by atoms with Crippen LogP contribution in [-0.4, -0.2) is 36.0 Å². The van der Waals surface area contributed by atoms with E-state index in [4.69, 9.17) is 9.47 Å². The first-order valence-electron chi connectivity index (χ1n) is 10.5. The van der Waals surface area contributed by atoms with Crippen molar-refractivity contribution in [3.8, 4) is 0 Å². The number of carbonyl (C=O) groups is 2. The third kappa shape index (κ3) is 2.38. The number of Topliss-reactive ketones (excluding diaryl/α,β-unsaturated/α-hetero) is 1. The number of hydrogen-bond donors (Lipinski definition) is 0. The van der Waals surface area contributed by atoms with Crippen molar-refractivity contribution in [1.82, 2.24) is 0 Å². The molecule has 2 fully saturated rings. The first-order valence-corrected chi connectivity index (χ1v) is 10.5. The number of hydrogen-bond acceptors (Lipinski definition) is 5. The molecule has 2 bridgehead atoms. The van der Waals surface area contributed by atoms with Crippen molar-refractivity contribution in [2.75, 3.05) is 11.9 Å². The quantitative estimate of drug-likeness (QED) is 0.559. The Bertz CT molecular complexity index is 1030. The molecular formula is C25H27NO4. The SMILES string of the molecule is CN1c2ccccc2[C@H]2[C@@H]1[C@@]1(C(=O)OC(C)(C)C)O[C@]2(c2ccccc2)CCC1=O. The number of esters is 1. The summed E-state index contributed by atoms with van der Waals surface area (Å²) in [4.78, 5) is 29.1. The maximum Gasteiger partial charge on any atom is 0.349 e. The van der Waals surface area contributed by atoms with E-state index in [2.05, 4.69) is 17.0 Å². The molecule has 3 aliphatic rings. The maximum atomic E-state index is 13.6. The van der Waals surface area contributed by atoms with Gasteiger partial charge in [0.25, 0.3) is 0 Å². The third-order valence-corrected chi connectivity index (χ3v) is 6.75. The van der Waals surface area contributed by atoms with Gasteiger partial charge in [0.05, 0.1) is 6.04 Å². The molecule has 0 unspecified atom stereocenters. The van der Waals surface area contributed by atoms with Crippen LogP contribution in [0.3, 0.4) is 0 Å². The monoisotopic (exact) mass is 405 g/mol. The standard InChI is InChI=1S/C25H27NO4/c1-23(2,3)29-22(28)25-19(27)14-15-24(30-25,16-10-6-5-7-11-16)20-17-12-8-9-13-18(17)26(4)21(20)25/h5-13,20-21H,14-15H2,1-4H3/t20-,21+,24-,25-/m0/s1. The van der Waals surface area contributed by atoms with E-state index in [9.17, 15) is 9.59 Å².